The van der Waals surface area contributed by atoms with Gasteiger partial charge in [0, 0.05) is 22.0 Å². The van der Waals surface area contributed by atoms with Gasteiger partial charge >= 0.3 is 5.97 Å². The van der Waals surface area contributed by atoms with Gasteiger partial charge in [-0.2, -0.15) is 5.26 Å². The zero-order chi connectivity index (χ0) is 26.3. The van der Waals surface area contributed by atoms with Crippen molar-refractivity contribution in [2.24, 2.45) is 5.41 Å². The average Bonchev–Trinajstić information content (AvgIpc) is 3.02. The molecule has 4 atom stereocenters. The van der Waals surface area contributed by atoms with Crippen molar-refractivity contribution in [3.8, 4) is 6.07 Å². The molecule has 0 amide bonds. The molecule has 4 nitrogen and oxygen atoms in total. The lowest BCUT2D eigenvalue weighted by Crippen LogP contribution is -2.44. The Balaban J connectivity index is 2.37. The second-order valence-corrected chi connectivity index (χ2v) is 12.5. The minimum Gasteiger partial charge on any atom is -0.459 e. The van der Waals surface area contributed by atoms with E-state index >= 15 is 4.39 Å². The Hall–Kier alpha value is -1.84. The first-order valence-corrected chi connectivity index (χ1v) is 12.5. The van der Waals surface area contributed by atoms with Gasteiger partial charge in [0.1, 0.15) is 22.9 Å². The highest BCUT2D eigenvalue weighted by Crippen LogP contribution is 2.53. The zero-order valence-corrected chi connectivity index (χ0v) is 22.9. The summed E-state index contributed by atoms with van der Waals surface area (Å²) in [6, 6.07) is 10.3. The maximum Gasteiger partial charge on any atom is 0.324 e. The van der Waals surface area contributed by atoms with Crippen molar-refractivity contribution in [1.29, 1.82) is 5.26 Å². The Bertz CT molecular complexity index is 1170. The van der Waals surface area contributed by atoms with Gasteiger partial charge in [-0.15, -0.1) is 0 Å². The fourth-order valence-electron chi connectivity index (χ4n) is 4.90. The molecule has 2 aromatic rings. The molecule has 2 aromatic carbocycles. The number of esters is 1. The van der Waals surface area contributed by atoms with Gasteiger partial charge in [0.05, 0.1) is 11.1 Å². The van der Waals surface area contributed by atoms with Crippen LogP contribution in [0.15, 0.2) is 36.4 Å². The third-order valence-corrected chi connectivity index (χ3v) is 6.95. The number of hydrogen-bond acceptors (Lipinski definition) is 4. The number of ether oxygens (including phenoxy) is 1. The summed E-state index contributed by atoms with van der Waals surface area (Å²) < 4.78 is 21.3. The molecule has 35 heavy (non-hydrogen) atoms. The third-order valence-electron chi connectivity index (χ3n) is 6.11. The number of benzene rings is 2. The van der Waals surface area contributed by atoms with Crippen LogP contribution in [0.2, 0.25) is 15.1 Å². The van der Waals surface area contributed by atoms with Crippen LogP contribution in [0.5, 0.6) is 0 Å². The van der Waals surface area contributed by atoms with Crippen LogP contribution >= 0.6 is 34.8 Å². The molecule has 3 rings (SSSR count). The Labute approximate surface area is 221 Å². The largest absolute Gasteiger partial charge is 0.459 e. The number of carbonyl (C=O) groups is 1. The molecule has 1 N–H and O–H groups in total. The van der Waals surface area contributed by atoms with Crippen molar-refractivity contribution in [2.75, 3.05) is 0 Å². The van der Waals surface area contributed by atoms with Crippen LogP contribution in [0.25, 0.3) is 0 Å². The van der Waals surface area contributed by atoms with Crippen LogP contribution in [0.4, 0.5) is 4.39 Å². The standard InChI is InChI=1S/C27H30Cl3FN2O2/c1-25(2,3)13-20-27(14-32,17-11-10-15(28)12-19(17)30)21(16-8-7-9-18(29)22(16)31)23(33-20)24(34)35-26(4,5)6/h7-12,20-21,23,33H,13H2,1-6H3/t20-,21-,23+,27-/m0/s1. The van der Waals surface area contributed by atoms with E-state index in [1.54, 1.807) is 51.1 Å². The van der Waals surface area contributed by atoms with E-state index < -0.39 is 40.8 Å². The SMILES string of the molecule is CC(C)(C)C[C@@H]1N[C@@H](C(=O)OC(C)(C)C)[C@H](c2cccc(Cl)c2F)[C@@]1(C#N)c1ccc(Cl)cc1Cl. The number of nitriles is 1. The summed E-state index contributed by atoms with van der Waals surface area (Å²) in [6.45, 7) is 11.4. The molecular formula is C27H30Cl3FN2O2. The number of halogens is 4. The molecule has 0 saturated carbocycles. The minimum atomic E-state index is -1.43. The summed E-state index contributed by atoms with van der Waals surface area (Å²) in [5.74, 6) is -2.24. The van der Waals surface area contributed by atoms with Crippen molar-refractivity contribution in [3.05, 3.63) is 68.4 Å². The topological polar surface area (TPSA) is 62.1 Å². The van der Waals surface area contributed by atoms with E-state index in [2.05, 4.69) is 11.4 Å². The molecule has 0 unspecified atom stereocenters. The van der Waals surface area contributed by atoms with Crippen molar-refractivity contribution in [2.45, 2.75) is 77.0 Å². The number of carbonyl (C=O) groups excluding carboxylic acids is 1. The monoisotopic (exact) mass is 538 g/mol. The van der Waals surface area contributed by atoms with Crippen LogP contribution in [-0.2, 0) is 14.9 Å². The summed E-state index contributed by atoms with van der Waals surface area (Å²) in [5.41, 5.74) is -1.85. The van der Waals surface area contributed by atoms with Crippen molar-refractivity contribution in [1.82, 2.24) is 5.32 Å². The molecule has 1 saturated heterocycles. The van der Waals surface area contributed by atoms with Gasteiger partial charge in [-0.3, -0.25) is 10.1 Å². The number of nitrogens with zero attached hydrogens (tertiary/aromatic N) is 1. The molecule has 0 aliphatic carbocycles. The average molecular weight is 540 g/mol. The van der Waals surface area contributed by atoms with Crippen LogP contribution in [-0.4, -0.2) is 23.7 Å². The van der Waals surface area contributed by atoms with E-state index in [1.807, 2.05) is 20.8 Å². The molecule has 1 heterocycles. The summed E-state index contributed by atoms with van der Waals surface area (Å²) in [6.07, 6.45) is 0.498. The fourth-order valence-corrected chi connectivity index (χ4v) is 5.65. The van der Waals surface area contributed by atoms with Gasteiger partial charge in [-0.05, 0) is 61.9 Å². The minimum absolute atomic E-state index is 0.0984. The molecule has 188 valence electrons. The second-order valence-electron chi connectivity index (χ2n) is 11.2. The summed E-state index contributed by atoms with van der Waals surface area (Å²) in [4.78, 5) is 13.5. The fraction of sp³-hybridized carbons (Fsp3) is 0.481. The highest BCUT2D eigenvalue weighted by molar-refractivity contribution is 6.35. The van der Waals surface area contributed by atoms with Crippen LogP contribution in [0, 0.1) is 22.6 Å². The smallest absolute Gasteiger partial charge is 0.324 e. The lowest BCUT2D eigenvalue weighted by atomic mass is 9.63. The van der Waals surface area contributed by atoms with E-state index in [-0.39, 0.29) is 21.0 Å². The van der Waals surface area contributed by atoms with Gasteiger partial charge in [-0.1, -0.05) is 73.8 Å². The molecule has 0 bridgehead atoms. The van der Waals surface area contributed by atoms with Crippen molar-refractivity contribution < 1.29 is 13.9 Å². The molecule has 1 aliphatic heterocycles. The summed E-state index contributed by atoms with van der Waals surface area (Å²) in [5, 5.41) is 14.8. The first-order chi connectivity index (χ1) is 16.1. The number of rotatable bonds is 4. The lowest BCUT2D eigenvalue weighted by molar-refractivity contribution is -0.157. The first kappa shape index (κ1) is 27.7. The molecule has 0 radical (unpaired) electrons. The molecule has 8 heteroatoms. The molecule has 0 spiro atoms. The van der Waals surface area contributed by atoms with E-state index in [1.165, 1.54) is 6.07 Å². The summed E-state index contributed by atoms with van der Waals surface area (Å²) in [7, 11) is 0. The van der Waals surface area contributed by atoms with Gasteiger partial charge in [-0.25, -0.2) is 4.39 Å². The second kappa shape index (κ2) is 9.90. The van der Waals surface area contributed by atoms with Gasteiger partial charge in [0.15, 0.2) is 0 Å². The van der Waals surface area contributed by atoms with E-state index in [0.29, 0.717) is 17.0 Å². The first-order valence-electron chi connectivity index (χ1n) is 11.4. The molecule has 1 fully saturated rings. The Morgan fingerprint density at radius 3 is 2.31 bits per heavy atom. The normalized spacial score (nSPS) is 24.8. The number of nitrogens with one attached hydrogen (secondary N) is 1. The van der Waals surface area contributed by atoms with Crippen molar-refractivity contribution >= 4 is 40.8 Å². The molecule has 0 aromatic heterocycles. The van der Waals surface area contributed by atoms with Gasteiger partial charge in [0.25, 0.3) is 0 Å². The maximum atomic E-state index is 15.6. The van der Waals surface area contributed by atoms with Crippen molar-refractivity contribution in [3.63, 3.8) is 0 Å². The zero-order valence-electron chi connectivity index (χ0n) is 20.7. The highest BCUT2D eigenvalue weighted by Gasteiger charge is 2.61. The Morgan fingerprint density at radius 2 is 1.77 bits per heavy atom. The van der Waals surface area contributed by atoms with Crippen LogP contribution < -0.4 is 5.32 Å². The lowest BCUT2D eigenvalue weighted by Gasteiger charge is -2.38. The van der Waals surface area contributed by atoms with Crippen LogP contribution in [0.3, 0.4) is 0 Å². The predicted molar refractivity (Wildman–Crippen MR) is 139 cm³/mol. The molecule has 1 aliphatic rings. The number of hydrogen-bond donors (Lipinski definition) is 1. The van der Waals surface area contributed by atoms with Gasteiger partial charge in [0.2, 0.25) is 0 Å². The van der Waals surface area contributed by atoms with E-state index in [9.17, 15) is 10.1 Å². The molecular weight excluding hydrogens is 510 g/mol. The Morgan fingerprint density at radius 1 is 1.11 bits per heavy atom. The quantitative estimate of drug-likeness (QED) is 0.410. The van der Waals surface area contributed by atoms with E-state index in [0.717, 1.165) is 0 Å². The predicted octanol–water partition coefficient (Wildman–Crippen LogP) is 7.45. The van der Waals surface area contributed by atoms with Crippen LogP contribution in [0.1, 0.15) is 65.0 Å². The Kier molecular flexibility index (Phi) is 7.85. The highest BCUT2D eigenvalue weighted by atomic mass is 35.5. The van der Waals surface area contributed by atoms with Gasteiger partial charge < -0.3 is 4.74 Å². The maximum absolute atomic E-state index is 15.6. The third kappa shape index (κ3) is 5.62. The van der Waals surface area contributed by atoms with E-state index in [4.69, 9.17) is 39.5 Å². The summed E-state index contributed by atoms with van der Waals surface area (Å²) >= 11 is 19.0.